The lowest BCUT2D eigenvalue weighted by Gasteiger charge is -2.35. The maximum absolute atomic E-state index is 14.6. The van der Waals surface area contributed by atoms with Crippen LogP contribution in [0.4, 0.5) is 4.79 Å². The van der Waals surface area contributed by atoms with E-state index >= 15 is 0 Å². The first-order valence-electron chi connectivity index (χ1n) is 16.0. The normalized spacial score (nSPS) is 12.7. The van der Waals surface area contributed by atoms with E-state index in [4.69, 9.17) is 4.74 Å². The Morgan fingerprint density at radius 3 is 2.16 bits per heavy atom. The van der Waals surface area contributed by atoms with Crippen molar-refractivity contribution in [3.05, 3.63) is 59.2 Å². The first-order valence-corrected chi connectivity index (χ1v) is 16.0. The molecule has 2 unspecified atom stereocenters. The molecule has 0 aliphatic rings. The van der Waals surface area contributed by atoms with Crippen LogP contribution in [0.15, 0.2) is 42.5 Å². The molecule has 0 aromatic heterocycles. The summed E-state index contributed by atoms with van der Waals surface area (Å²) in [6.45, 7) is 11.9. The van der Waals surface area contributed by atoms with Gasteiger partial charge in [-0.25, -0.2) is 4.79 Å². The van der Waals surface area contributed by atoms with E-state index in [0.29, 0.717) is 29.7 Å². The standard InChI is InChI=1S/C35H53N3O6/c1-7-9-11-12-14-23-38(30(32(41)36-22-13-10-8-2)28-17-15-16-25(3)31(28)40)33(42)29(37-34(43)44-35(4,5)6)24-26-18-20-27(39)21-19-26/h15-21,29-30,39-40H,7-14,22-24H2,1-6H3,(H,36,41)(H,37,43). The lowest BCUT2D eigenvalue weighted by molar-refractivity contribution is -0.142. The number of unbranched alkanes of at least 4 members (excludes halogenated alkanes) is 6. The summed E-state index contributed by atoms with van der Waals surface area (Å²) in [5.74, 6) is -0.807. The van der Waals surface area contributed by atoms with E-state index in [0.717, 1.165) is 44.9 Å². The predicted octanol–water partition coefficient (Wildman–Crippen LogP) is 6.69. The van der Waals surface area contributed by atoms with Gasteiger partial charge in [0.2, 0.25) is 11.8 Å². The summed E-state index contributed by atoms with van der Waals surface area (Å²) in [7, 11) is 0. The maximum atomic E-state index is 14.6. The van der Waals surface area contributed by atoms with Gasteiger partial charge in [-0.1, -0.05) is 82.7 Å². The fraction of sp³-hybridized carbons (Fsp3) is 0.571. The van der Waals surface area contributed by atoms with Gasteiger partial charge in [0, 0.05) is 25.1 Å². The highest BCUT2D eigenvalue weighted by Gasteiger charge is 2.37. The van der Waals surface area contributed by atoms with Crippen LogP contribution in [0.3, 0.4) is 0 Å². The number of nitrogens with one attached hydrogen (secondary N) is 2. The van der Waals surface area contributed by atoms with E-state index in [1.807, 2.05) is 0 Å². The van der Waals surface area contributed by atoms with Crippen molar-refractivity contribution in [2.45, 2.75) is 117 Å². The van der Waals surface area contributed by atoms with Gasteiger partial charge in [0.25, 0.3) is 0 Å². The first kappa shape index (κ1) is 36.4. The zero-order valence-electron chi connectivity index (χ0n) is 27.4. The molecule has 0 heterocycles. The molecule has 0 radical (unpaired) electrons. The second-order valence-corrected chi connectivity index (χ2v) is 12.4. The van der Waals surface area contributed by atoms with Gasteiger partial charge < -0.3 is 30.5 Å². The van der Waals surface area contributed by atoms with Crippen LogP contribution in [-0.2, 0) is 20.7 Å². The highest BCUT2D eigenvalue weighted by Crippen LogP contribution is 2.33. The molecule has 2 aromatic rings. The molecule has 44 heavy (non-hydrogen) atoms. The lowest BCUT2D eigenvalue weighted by Crippen LogP contribution is -2.54. The Bertz CT molecular complexity index is 1190. The van der Waals surface area contributed by atoms with Crippen LogP contribution in [0, 0.1) is 6.92 Å². The SMILES string of the molecule is CCCCCCCN(C(=O)C(Cc1ccc(O)cc1)NC(=O)OC(C)(C)C)C(C(=O)NCCCCC)c1cccc(C)c1O. The second-order valence-electron chi connectivity index (χ2n) is 12.4. The number of ether oxygens (including phenoxy) is 1. The van der Waals surface area contributed by atoms with Gasteiger partial charge in [0.1, 0.15) is 29.2 Å². The van der Waals surface area contributed by atoms with Crippen molar-refractivity contribution in [3.8, 4) is 11.5 Å². The minimum Gasteiger partial charge on any atom is -0.508 e. The number of benzene rings is 2. The van der Waals surface area contributed by atoms with E-state index in [2.05, 4.69) is 24.5 Å². The molecule has 4 N–H and O–H groups in total. The zero-order chi connectivity index (χ0) is 32.7. The number of para-hydroxylation sites is 1. The van der Waals surface area contributed by atoms with Gasteiger partial charge in [0.15, 0.2) is 0 Å². The second kappa shape index (κ2) is 18.1. The fourth-order valence-electron chi connectivity index (χ4n) is 5.01. The van der Waals surface area contributed by atoms with Gasteiger partial charge in [-0.3, -0.25) is 9.59 Å². The lowest BCUT2D eigenvalue weighted by atomic mass is 9.97. The number of phenols is 2. The number of amides is 3. The summed E-state index contributed by atoms with van der Waals surface area (Å²) >= 11 is 0. The number of aryl methyl sites for hydroxylation is 1. The van der Waals surface area contributed by atoms with Crippen molar-refractivity contribution in [1.82, 2.24) is 15.5 Å². The third kappa shape index (κ3) is 12.1. The molecule has 9 heteroatoms. The summed E-state index contributed by atoms with van der Waals surface area (Å²) in [5.41, 5.74) is 0.845. The Morgan fingerprint density at radius 1 is 0.886 bits per heavy atom. The predicted molar refractivity (Wildman–Crippen MR) is 174 cm³/mol. The van der Waals surface area contributed by atoms with Crippen LogP contribution in [0.1, 0.15) is 109 Å². The van der Waals surface area contributed by atoms with Gasteiger partial charge in [0.05, 0.1) is 0 Å². The highest BCUT2D eigenvalue weighted by molar-refractivity contribution is 5.92. The van der Waals surface area contributed by atoms with Crippen LogP contribution >= 0.6 is 0 Å². The van der Waals surface area contributed by atoms with Crippen molar-refractivity contribution >= 4 is 17.9 Å². The number of nitrogens with zero attached hydrogens (tertiary/aromatic N) is 1. The molecule has 3 amide bonds. The molecule has 0 bridgehead atoms. The number of carbonyl (C=O) groups excluding carboxylic acids is 3. The summed E-state index contributed by atoms with van der Waals surface area (Å²) in [6, 6.07) is 9.41. The molecule has 0 spiro atoms. The van der Waals surface area contributed by atoms with Crippen LogP contribution < -0.4 is 10.6 Å². The van der Waals surface area contributed by atoms with Gasteiger partial charge in [-0.2, -0.15) is 0 Å². The van der Waals surface area contributed by atoms with E-state index in [-0.39, 0.29) is 30.4 Å². The molecule has 0 saturated carbocycles. The summed E-state index contributed by atoms with van der Waals surface area (Å²) in [5, 5.41) is 26.7. The molecule has 2 rings (SSSR count). The molecular formula is C35H53N3O6. The molecule has 2 aromatic carbocycles. The zero-order valence-corrected chi connectivity index (χ0v) is 27.4. The van der Waals surface area contributed by atoms with Crippen molar-refractivity contribution in [2.24, 2.45) is 0 Å². The Kier molecular flexibility index (Phi) is 15.0. The average molecular weight is 612 g/mol. The number of carbonyl (C=O) groups is 3. The van der Waals surface area contributed by atoms with E-state index < -0.39 is 29.7 Å². The quantitative estimate of drug-likeness (QED) is 0.148. The fourth-order valence-corrected chi connectivity index (χ4v) is 5.01. The van der Waals surface area contributed by atoms with Crippen molar-refractivity contribution < 1.29 is 29.3 Å². The molecule has 9 nitrogen and oxygen atoms in total. The Balaban J connectivity index is 2.57. The number of hydrogen-bond donors (Lipinski definition) is 4. The molecular weight excluding hydrogens is 558 g/mol. The first-order chi connectivity index (χ1) is 20.9. The Morgan fingerprint density at radius 2 is 1.52 bits per heavy atom. The van der Waals surface area contributed by atoms with E-state index in [1.54, 1.807) is 58.0 Å². The van der Waals surface area contributed by atoms with E-state index in [9.17, 15) is 24.6 Å². The summed E-state index contributed by atoms with van der Waals surface area (Å²) in [6.07, 6.45) is 6.74. The minimum absolute atomic E-state index is 0.0415. The largest absolute Gasteiger partial charge is 0.508 e. The minimum atomic E-state index is -1.11. The number of alkyl carbamates (subject to hydrolysis) is 1. The smallest absolute Gasteiger partial charge is 0.408 e. The molecule has 0 saturated heterocycles. The Hall–Kier alpha value is -3.75. The van der Waals surface area contributed by atoms with Crippen molar-refractivity contribution in [3.63, 3.8) is 0 Å². The number of phenolic OH excluding ortho intramolecular Hbond substituents is 2. The maximum Gasteiger partial charge on any atom is 0.408 e. The monoisotopic (exact) mass is 611 g/mol. The highest BCUT2D eigenvalue weighted by atomic mass is 16.6. The molecule has 0 aliphatic heterocycles. The number of rotatable bonds is 17. The van der Waals surface area contributed by atoms with Crippen LogP contribution in [0.5, 0.6) is 11.5 Å². The van der Waals surface area contributed by atoms with Crippen molar-refractivity contribution in [2.75, 3.05) is 13.1 Å². The van der Waals surface area contributed by atoms with Gasteiger partial charge in [-0.05, 0) is 63.8 Å². The van der Waals surface area contributed by atoms with Crippen LogP contribution in [-0.4, -0.2) is 57.8 Å². The molecule has 2 atom stereocenters. The van der Waals surface area contributed by atoms with Gasteiger partial charge >= 0.3 is 6.09 Å². The van der Waals surface area contributed by atoms with Crippen LogP contribution in [0.25, 0.3) is 0 Å². The Labute approximate surface area is 263 Å². The van der Waals surface area contributed by atoms with Crippen molar-refractivity contribution in [1.29, 1.82) is 0 Å². The molecule has 0 fully saturated rings. The summed E-state index contributed by atoms with van der Waals surface area (Å²) < 4.78 is 5.50. The van der Waals surface area contributed by atoms with Gasteiger partial charge in [-0.15, -0.1) is 0 Å². The topological polar surface area (TPSA) is 128 Å². The number of hydrogen-bond acceptors (Lipinski definition) is 6. The summed E-state index contributed by atoms with van der Waals surface area (Å²) in [4.78, 5) is 43.0. The number of aromatic hydroxyl groups is 2. The van der Waals surface area contributed by atoms with Crippen LogP contribution in [0.2, 0.25) is 0 Å². The average Bonchev–Trinajstić information content (AvgIpc) is 2.96. The van der Waals surface area contributed by atoms with E-state index in [1.165, 1.54) is 17.0 Å². The third-order valence-electron chi connectivity index (χ3n) is 7.35. The molecule has 244 valence electrons. The molecule has 0 aliphatic carbocycles. The third-order valence-corrected chi connectivity index (χ3v) is 7.35.